The summed E-state index contributed by atoms with van der Waals surface area (Å²) in [4.78, 5) is 2.19. The molecular formula is C14H20N4O. The number of aliphatic hydroxyl groups is 1. The highest BCUT2D eigenvalue weighted by Crippen LogP contribution is 2.30. The maximum absolute atomic E-state index is 9.36. The van der Waals surface area contributed by atoms with Gasteiger partial charge in [-0.05, 0) is 45.1 Å². The molecule has 5 heteroatoms. The standard InChI is InChI=1S/C14H20N4O/c1-10-11(2)16-17-14(13(10)9-15)18-7-3-5-12(18)6-4-8-19/h12,19H,3-8H2,1-2H3. The van der Waals surface area contributed by atoms with E-state index in [9.17, 15) is 5.26 Å². The van der Waals surface area contributed by atoms with Gasteiger partial charge in [0.1, 0.15) is 11.6 Å². The van der Waals surface area contributed by atoms with Gasteiger partial charge >= 0.3 is 0 Å². The monoisotopic (exact) mass is 260 g/mol. The largest absolute Gasteiger partial charge is 0.396 e. The summed E-state index contributed by atoms with van der Waals surface area (Å²) < 4.78 is 0. The molecule has 0 saturated carbocycles. The summed E-state index contributed by atoms with van der Waals surface area (Å²) in [5.41, 5.74) is 2.37. The third-order valence-electron chi connectivity index (χ3n) is 3.89. The van der Waals surface area contributed by atoms with E-state index in [0.717, 1.165) is 43.5 Å². The Morgan fingerprint density at radius 2 is 2.21 bits per heavy atom. The fourth-order valence-electron chi connectivity index (χ4n) is 2.67. The zero-order valence-corrected chi connectivity index (χ0v) is 11.6. The predicted molar refractivity (Wildman–Crippen MR) is 72.9 cm³/mol. The van der Waals surface area contributed by atoms with E-state index >= 15 is 0 Å². The van der Waals surface area contributed by atoms with Crippen LogP contribution in [0.3, 0.4) is 0 Å². The lowest BCUT2D eigenvalue weighted by Gasteiger charge is -2.26. The highest BCUT2D eigenvalue weighted by atomic mass is 16.2. The van der Waals surface area contributed by atoms with E-state index in [-0.39, 0.29) is 6.61 Å². The number of aliphatic hydroxyl groups excluding tert-OH is 1. The summed E-state index contributed by atoms with van der Waals surface area (Å²) in [5.74, 6) is 0.714. The molecule has 1 fully saturated rings. The van der Waals surface area contributed by atoms with Crippen molar-refractivity contribution in [3.63, 3.8) is 0 Å². The Balaban J connectivity index is 2.31. The first kappa shape index (κ1) is 13.8. The van der Waals surface area contributed by atoms with Gasteiger partial charge in [0.25, 0.3) is 0 Å². The normalized spacial score (nSPS) is 18.6. The molecule has 1 aliphatic rings. The lowest BCUT2D eigenvalue weighted by molar-refractivity contribution is 0.279. The maximum atomic E-state index is 9.36. The fraction of sp³-hybridized carbons (Fsp3) is 0.643. The van der Waals surface area contributed by atoms with Crippen molar-refractivity contribution in [1.82, 2.24) is 10.2 Å². The SMILES string of the molecule is Cc1nnc(N2CCCC2CCCO)c(C#N)c1C. The Morgan fingerprint density at radius 3 is 2.89 bits per heavy atom. The summed E-state index contributed by atoms with van der Waals surface area (Å²) in [7, 11) is 0. The van der Waals surface area contributed by atoms with E-state index < -0.39 is 0 Å². The first-order valence-electron chi connectivity index (χ1n) is 6.80. The first-order chi connectivity index (χ1) is 9.19. The predicted octanol–water partition coefficient (Wildman–Crippen LogP) is 1.71. The van der Waals surface area contributed by atoms with Gasteiger partial charge in [0.05, 0.1) is 5.69 Å². The van der Waals surface area contributed by atoms with Gasteiger partial charge in [-0.2, -0.15) is 10.4 Å². The molecule has 0 bridgehead atoms. The van der Waals surface area contributed by atoms with Crippen molar-refractivity contribution in [3.8, 4) is 6.07 Å². The van der Waals surface area contributed by atoms with Gasteiger partial charge in [-0.25, -0.2) is 0 Å². The molecule has 0 amide bonds. The van der Waals surface area contributed by atoms with E-state index in [2.05, 4.69) is 21.2 Å². The second kappa shape index (κ2) is 5.98. The highest BCUT2D eigenvalue weighted by molar-refractivity contribution is 5.58. The van der Waals surface area contributed by atoms with E-state index in [1.165, 1.54) is 0 Å². The Labute approximate surface area is 113 Å². The van der Waals surface area contributed by atoms with Crippen molar-refractivity contribution in [2.45, 2.75) is 45.6 Å². The van der Waals surface area contributed by atoms with E-state index in [1.54, 1.807) is 0 Å². The molecule has 0 radical (unpaired) electrons. The van der Waals surface area contributed by atoms with Gasteiger partial charge in [0.2, 0.25) is 0 Å². The van der Waals surface area contributed by atoms with Crippen LogP contribution in [-0.2, 0) is 0 Å². The first-order valence-corrected chi connectivity index (χ1v) is 6.80. The Morgan fingerprint density at radius 1 is 1.42 bits per heavy atom. The van der Waals surface area contributed by atoms with Crippen LogP contribution in [0.25, 0.3) is 0 Å². The molecule has 19 heavy (non-hydrogen) atoms. The number of anilines is 1. The number of aryl methyl sites for hydroxylation is 1. The van der Waals surface area contributed by atoms with Crippen LogP contribution in [0, 0.1) is 25.2 Å². The van der Waals surface area contributed by atoms with Gasteiger partial charge in [-0.3, -0.25) is 0 Å². The zero-order valence-electron chi connectivity index (χ0n) is 11.6. The number of aromatic nitrogens is 2. The van der Waals surface area contributed by atoms with Crippen molar-refractivity contribution in [3.05, 3.63) is 16.8 Å². The summed E-state index contributed by atoms with van der Waals surface area (Å²) >= 11 is 0. The summed E-state index contributed by atoms with van der Waals surface area (Å²) in [6, 6.07) is 2.64. The number of nitriles is 1. The topological polar surface area (TPSA) is 73.0 Å². The van der Waals surface area contributed by atoms with Crippen LogP contribution in [0.5, 0.6) is 0 Å². The number of nitrogens with zero attached hydrogens (tertiary/aromatic N) is 4. The van der Waals surface area contributed by atoms with Gasteiger partial charge in [-0.15, -0.1) is 5.10 Å². The zero-order chi connectivity index (χ0) is 13.8. The van der Waals surface area contributed by atoms with Crippen LogP contribution in [0.15, 0.2) is 0 Å². The van der Waals surface area contributed by atoms with Gasteiger partial charge in [0, 0.05) is 19.2 Å². The molecule has 2 heterocycles. The van der Waals surface area contributed by atoms with E-state index in [0.29, 0.717) is 17.4 Å². The molecule has 0 spiro atoms. The molecule has 0 aliphatic carbocycles. The Bertz CT molecular complexity index is 495. The van der Waals surface area contributed by atoms with Crippen molar-refractivity contribution in [2.75, 3.05) is 18.1 Å². The van der Waals surface area contributed by atoms with Gasteiger partial charge in [0.15, 0.2) is 5.82 Å². The van der Waals surface area contributed by atoms with Gasteiger partial charge in [-0.1, -0.05) is 0 Å². The maximum Gasteiger partial charge on any atom is 0.169 e. The molecule has 1 aromatic rings. The quantitative estimate of drug-likeness (QED) is 0.892. The minimum atomic E-state index is 0.216. The van der Waals surface area contributed by atoms with E-state index in [4.69, 9.17) is 5.11 Å². The molecule has 2 rings (SSSR count). The molecule has 1 N–H and O–H groups in total. The lowest BCUT2D eigenvalue weighted by atomic mass is 10.1. The van der Waals surface area contributed by atoms with Crippen LogP contribution in [-0.4, -0.2) is 34.5 Å². The van der Waals surface area contributed by atoms with Crippen LogP contribution in [0.1, 0.15) is 42.5 Å². The molecule has 5 nitrogen and oxygen atoms in total. The number of rotatable bonds is 4. The van der Waals surface area contributed by atoms with Crippen LogP contribution in [0.4, 0.5) is 5.82 Å². The summed E-state index contributed by atoms with van der Waals surface area (Å²) in [5, 5.41) is 26.7. The molecule has 1 aromatic heterocycles. The average Bonchev–Trinajstić information content (AvgIpc) is 2.87. The molecule has 1 aliphatic heterocycles. The third-order valence-corrected chi connectivity index (χ3v) is 3.89. The number of hydrogen-bond donors (Lipinski definition) is 1. The smallest absolute Gasteiger partial charge is 0.169 e. The van der Waals surface area contributed by atoms with Crippen molar-refractivity contribution >= 4 is 5.82 Å². The van der Waals surface area contributed by atoms with Crippen LogP contribution < -0.4 is 4.90 Å². The molecule has 0 aromatic carbocycles. The Kier molecular flexibility index (Phi) is 4.33. The molecular weight excluding hydrogens is 240 g/mol. The molecule has 1 atom stereocenters. The van der Waals surface area contributed by atoms with E-state index in [1.807, 2.05) is 13.8 Å². The van der Waals surface area contributed by atoms with Crippen LogP contribution in [0.2, 0.25) is 0 Å². The average molecular weight is 260 g/mol. The van der Waals surface area contributed by atoms with Gasteiger partial charge < -0.3 is 10.0 Å². The summed E-state index contributed by atoms with van der Waals surface area (Å²) in [6.07, 6.45) is 3.94. The highest BCUT2D eigenvalue weighted by Gasteiger charge is 2.28. The van der Waals surface area contributed by atoms with Crippen LogP contribution >= 0.6 is 0 Å². The van der Waals surface area contributed by atoms with Crippen molar-refractivity contribution in [1.29, 1.82) is 5.26 Å². The second-order valence-electron chi connectivity index (χ2n) is 5.08. The fourth-order valence-corrected chi connectivity index (χ4v) is 2.67. The summed E-state index contributed by atoms with van der Waals surface area (Å²) in [6.45, 7) is 4.93. The molecule has 1 saturated heterocycles. The minimum absolute atomic E-state index is 0.216. The Hall–Kier alpha value is -1.67. The molecule has 1 unspecified atom stereocenters. The molecule has 102 valence electrons. The van der Waals surface area contributed by atoms with Crippen molar-refractivity contribution < 1.29 is 5.11 Å². The van der Waals surface area contributed by atoms with Crippen molar-refractivity contribution in [2.24, 2.45) is 0 Å². The second-order valence-corrected chi connectivity index (χ2v) is 5.08. The third kappa shape index (κ3) is 2.69. The number of hydrogen-bond acceptors (Lipinski definition) is 5. The lowest BCUT2D eigenvalue weighted by Crippen LogP contribution is -2.31. The minimum Gasteiger partial charge on any atom is -0.396 e.